The van der Waals surface area contributed by atoms with Gasteiger partial charge in [-0.15, -0.1) is 0 Å². The van der Waals surface area contributed by atoms with E-state index >= 15 is 0 Å². The molecule has 6 rings (SSSR count). The Balaban J connectivity index is 0.000000257. The third-order valence-electron chi connectivity index (χ3n) is 6.62. The number of fused-ring (bicyclic) bond motifs is 3. The van der Waals surface area contributed by atoms with Crippen molar-refractivity contribution in [3.63, 3.8) is 0 Å². The summed E-state index contributed by atoms with van der Waals surface area (Å²) < 4.78 is 22.8. The maximum atomic E-state index is 14.7. The van der Waals surface area contributed by atoms with Crippen LogP contribution >= 0.6 is 11.3 Å². The molecule has 2 aliphatic rings. The number of ether oxygens (including phenoxy) is 1. The van der Waals surface area contributed by atoms with E-state index in [9.17, 15) is 9.18 Å². The summed E-state index contributed by atoms with van der Waals surface area (Å²) in [5.41, 5.74) is 3.75. The molecular formula is C26H29FN4O2S. The molecule has 0 bridgehead atoms. The van der Waals surface area contributed by atoms with E-state index in [1.165, 1.54) is 24.2 Å². The smallest absolute Gasteiger partial charge is 0.195 e. The minimum atomic E-state index is -0.241. The fraction of sp³-hybridized carbons (Fsp3) is 0.385. The van der Waals surface area contributed by atoms with E-state index in [1.54, 1.807) is 12.1 Å². The van der Waals surface area contributed by atoms with Gasteiger partial charge in [0.1, 0.15) is 12.1 Å². The number of benzene rings is 2. The summed E-state index contributed by atoms with van der Waals surface area (Å²) in [6.45, 7) is 2.86. The van der Waals surface area contributed by atoms with Gasteiger partial charge in [-0.3, -0.25) is 9.20 Å². The number of hydrogen-bond donors (Lipinski definition) is 2. The van der Waals surface area contributed by atoms with Gasteiger partial charge in [-0.2, -0.15) is 0 Å². The normalized spacial score (nSPS) is 18.8. The molecule has 2 N–H and O–H groups in total. The van der Waals surface area contributed by atoms with E-state index < -0.39 is 0 Å². The zero-order valence-electron chi connectivity index (χ0n) is 19.2. The first kappa shape index (κ1) is 23.1. The minimum Gasteiger partial charge on any atom is -0.381 e. The van der Waals surface area contributed by atoms with Crippen LogP contribution in [0.4, 0.5) is 4.39 Å². The number of aldehydes is 1. The lowest BCUT2D eigenvalue weighted by Gasteiger charge is -2.20. The highest BCUT2D eigenvalue weighted by Crippen LogP contribution is 2.32. The molecule has 2 aromatic heterocycles. The predicted octanol–water partition coefficient (Wildman–Crippen LogP) is 4.98. The summed E-state index contributed by atoms with van der Waals surface area (Å²) >= 11 is 1.50. The second-order valence-electron chi connectivity index (χ2n) is 8.79. The number of halogens is 1. The maximum absolute atomic E-state index is 14.7. The molecule has 2 fully saturated rings. The van der Waals surface area contributed by atoms with Crippen LogP contribution in [0.1, 0.15) is 47.6 Å². The molecule has 2 saturated heterocycles. The van der Waals surface area contributed by atoms with Crippen LogP contribution in [0.25, 0.3) is 26.4 Å². The number of aromatic nitrogens is 2. The molecule has 0 radical (unpaired) electrons. The first-order valence-corrected chi connectivity index (χ1v) is 12.6. The molecule has 0 aliphatic carbocycles. The molecule has 2 aliphatic heterocycles. The van der Waals surface area contributed by atoms with Gasteiger partial charge in [0.05, 0.1) is 15.9 Å². The van der Waals surface area contributed by atoms with Gasteiger partial charge in [-0.25, -0.2) is 9.37 Å². The number of carbonyl (C=O) groups excluding carboxylic acids is 1. The Morgan fingerprint density at radius 1 is 1.21 bits per heavy atom. The zero-order valence-corrected chi connectivity index (χ0v) is 20.0. The van der Waals surface area contributed by atoms with Gasteiger partial charge >= 0.3 is 0 Å². The third kappa shape index (κ3) is 4.77. The second kappa shape index (κ2) is 10.3. The van der Waals surface area contributed by atoms with E-state index in [2.05, 4.69) is 15.6 Å². The first-order chi connectivity index (χ1) is 16.7. The van der Waals surface area contributed by atoms with Crippen molar-refractivity contribution in [2.75, 3.05) is 26.8 Å². The summed E-state index contributed by atoms with van der Waals surface area (Å²) in [4.78, 5) is 16.3. The highest BCUT2D eigenvalue weighted by atomic mass is 32.1. The molecule has 2 aromatic carbocycles. The molecule has 4 aromatic rings. The molecule has 34 heavy (non-hydrogen) atoms. The van der Waals surface area contributed by atoms with Gasteiger partial charge in [0, 0.05) is 42.6 Å². The van der Waals surface area contributed by atoms with Crippen molar-refractivity contribution in [3.8, 4) is 11.3 Å². The first-order valence-electron chi connectivity index (χ1n) is 11.8. The Morgan fingerprint density at radius 3 is 2.74 bits per heavy atom. The maximum Gasteiger partial charge on any atom is 0.195 e. The summed E-state index contributed by atoms with van der Waals surface area (Å²) in [6.07, 6.45) is 7.23. The topological polar surface area (TPSA) is 67.7 Å². The van der Waals surface area contributed by atoms with Gasteiger partial charge in [0.25, 0.3) is 0 Å². The quantitative estimate of drug-likeness (QED) is 0.404. The van der Waals surface area contributed by atoms with Crippen LogP contribution in [0.5, 0.6) is 0 Å². The molecule has 0 spiro atoms. The Labute approximate surface area is 202 Å². The van der Waals surface area contributed by atoms with Gasteiger partial charge in [-0.05, 0) is 75.2 Å². The monoisotopic (exact) mass is 480 g/mol. The van der Waals surface area contributed by atoms with Crippen LogP contribution in [-0.2, 0) is 4.74 Å². The number of nitrogens with one attached hydrogen (secondary N) is 2. The van der Waals surface area contributed by atoms with E-state index in [-0.39, 0.29) is 11.9 Å². The number of thiazole rings is 1. The Morgan fingerprint density at radius 2 is 2.06 bits per heavy atom. The van der Waals surface area contributed by atoms with Crippen molar-refractivity contribution in [2.24, 2.45) is 0 Å². The molecule has 6 nitrogen and oxygen atoms in total. The van der Waals surface area contributed by atoms with Crippen LogP contribution in [0.3, 0.4) is 0 Å². The average Bonchev–Trinajstić information content (AvgIpc) is 3.61. The van der Waals surface area contributed by atoms with Gasteiger partial charge < -0.3 is 15.4 Å². The minimum absolute atomic E-state index is 0.241. The summed E-state index contributed by atoms with van der Waals surface area (Å²) in [5, 5.41) is 6.62. The van der Waals surface area contributed by atoms with Crippen molar-refractivity contribution >= 4 is 32.8 Å². The molecule has 4 heterocycles. The van der Waals surface area contributed by atoms with Crippen LogP contribution in [-0.4, -0.2) is 48.5 Å². The molecule has 0 saturated carbocycles. The molecule has 1 atom stereocenters. The fourth-order valence-corrected chi connectivity index (χ4v) is 5.69. The predicted molar refractivity (Wildman–Crippen MR) is 134 cm³/mol. The van der Waals surface area contributed by atoms with Crippen molar-refractivity contribution in [1.82, 2.24) is 20.0 Å². The van der Waals surface area contributed by atoms with Gasteiger partial charge in [-0.1, -0.05) is 17.4 Å². The number of rotatable bonds is 4. The van der Waals surface area contributed by atoms with Crippen molar-refractivity contribution in [1.29, 1.82) is 0 Å². The Kier molecular flexibility index (Phi) is 7.01. The van der Waals surface area contributed by atoms with E-state index in [4.69, 9.17) is 4.74 Å². The lowest BCUT2D eigenvalue weighted by atomic mass is 10.0. The molecule has 0 amide bonds. The van der Waals surface area contributed by atoms with Gasteiger partial charge in [0.2, 0.25) is 0 Å². The highest BCUT2D eigenvalue weighted by Gasteiger charge is 2.19. The van der Waals surface area contributed by atoms with E-state index in [1.807, 2.05) is 41.9 Å². The molecular weight excluding hydrogens is 451 g/mol. The highest BCUT2D eigenvalue weighted by molar-refractivity contribution is 7.23. The summed E-state index contributed by atoms with van der Waals surface area (Å²) in [5.74, 6) is -0.241. The second-order valence-corrected chi connectivity index (χ2v) is 9.80. The lowest BCUT2D eigenvalue weighted by molar-refractivity contribution is 0.0799. The van der Waals surface area contributed by atoms with Crippen LogP contribution in [0.2, 0.25) is 0 Å². The Hall–Kier alpha value is -2.65. The standard InChI is InChI=1S/C20H16FN3OS.C6H13NO/c21-15-9-13(16-2-1-7-22-16)4-5-14(15)17-10-24-18-6-3-12(11-25)8-19(18)26-20(24)23-17;1-7-6-2-4-8-5-3-6/h3-6,8-11,16,22H,1-2,7H2;6-7H,2-5H2,1H3. The van der Waals surface area contributed by atoms with Crippen molar-refractivity contribution < 1.29 is 13.9 Å². The zero-order chi connectivity index (χ0) is 23.5. The van der Waals surface area contributed by atoms with Gasteiger partial charge in [0.15, 0.2) is 4.96 Å². The largest absolute Gasteiger partial charge is 0.381 e. The number of imidazole rings is 1. The number of carbonyl (C=O) groups is 1. The average molecular weight is 481 g/mol. The van der Waals surface area contributed by atoms with Crippen molar-refractivity contribution in [3.05, 3.63) is 59.5 Å². The fourth-order valence-electron chi connectivity index (χ4n) is 4.63. The third-order valence-corrected chi connectivity index (χ3v) is 7.63. The number of nitrogens with zero attached hydrogens (tertiary/aromatic N) is 2. The lowest BCUT2D eigenvalue weighted by Crippen LogP contribution is -2.31. The van der Waals surface area contributed by atoms with Crippen LogP contribution in [0.15, 0.2) is 42.6 Å². The molecule has 1 unspecified atom stereocenters. The van der Waals surface area contributed by atoms with E-state index in [0.717, 1.165) is 59.6 Å². The van der Waals surface area contributed by atoms with Crippen LogP contribution in [0, 0.1) is 5.82 Å². The van der Waals surface area contributed by atoms with E-state index in [0.29, 0.717) is 22.9 Å². The molecule has 178 valence electrons. The molecule has 8 heteroatoms. The van der Waals surface area contributed by atoms with Crippen molar-refractivity contribution in [2.45, 2.75) is 37.8 Å². The summed E-state index contributed by atoms with van der Waals surface area (Å²) in [7, 11) is 2.01. The number of hydrogen-bond acceptors (Lipinski definition) is 6. The summed E-state index contributed by atoms with van der Waals surface area (Å²) in [6, 6.07) is 11.9. The van der Waals surface area contributed by atoms with Crippen LogP contribution < -0.4 is 10.6 Å². The SMILES string of the molecule is CNC1CCOCC1.O=Cc1ccc2c(c1)sc1nc(-c3ccc(C4CCCN4)cc3F)cn12. The Bertz CT molecular complexity index is 1290.